The number of aromatic nitrogens is 1. The van der Waals surface area contributed by atoms with Gasteiger partial charge in [0, 0.05) is 31.5 Å². The molecule has 1 aromatic carbocycles. The lowest BCUT2D eigenvalue weighted by molar-refractivity contribution is -0.119. The Morgan fingerprint density at radius 2 is 1.91 bits per heavy atom. The van der Waals surface area contributed by atoms with E-state index < -0.39 is 10.0 Å². The van der Waals surface area contributed by atoms with Gasteiger partial charge in [0.2, 0.25) is 15.9 Å². The molecule has 0 N–H and O–H groups in total. The van der Waals surface area contributed by atoms with Crippen LogP contribution in [0.3, 0.4) is 0 Å². The number of Topliss-reactive ketones (excluding diaryl/α,β-unsaturated/α-hetero) is 1. The highest BCUT2D eigenvalue weighted by atomic mass is 35.5. The van der Waals surface area contributed by atoms with Gasteiger partial charge in [-0.05, 0) is 42.4 Å². The van der Waals surface area contributed by atoms with Gasteiger partial charge in [-0.2, -0.15) is 0 Å². The molecule has 1 aliphatic rings. The summed E-state index contributed by atoms with van der Waals surface area (Å²) in [5.74, 6) is 1.64. The second kappa shape index (κ2) is 11.2. The summed E-state index contributed by atoms with van der Waals surface area (Å²) < 4.78 is 36.1. The number of methoxy groups -OCH3 is 1. The minimum absolute atomic E-state index is 0.0428. The number of carbonyl (C=O) groups excluding carboxylic acids is 1. The maximum Gasteiger partial charge on any atom is 0.216 e. The Morgan fingerprint density at radius 3 is 2.50 bits per heavy atom. The zero-order chi connectivity index (χ0) is 25.0. The molecule has 10 heteroatoms. The number of benzene rings is 1. The molecule has 1 fully saturated rings. The first kappa shape index (κ1) is 26.7. The number of nitrogens with zero attached hydrogens (tertiary/aromatic N) is 2. The second-order valence-corrected chi connectivity index (χ2v) is 11.7. The van der Waals surface area contributed by atoms with Crippen molar-refractivity contribution >= 4 is 39.0 Å². The molecule has 0 spiro atoms. The minimum atomic E-state index is -3.19. The number of hydrogen-bond donors (Lipinski definition) is 0. The molecule has 1 aromatic heterocycles. The van der Waals surface area contributed by atoms with Crippen molar-refractivity contribution in [2.45, 2.75) is 45.4 Å². The highest BCUT2D eigenvalue weighted by molar-refractivity contribution is 7.88. The predicted octanol–water partition coefficient (Wildman–Crippen LogP) is 5.49. The van der Waals surface area contributed by atoms with Crippen molar-refractivity contribution in [3.05, 3.63) is 45.6 Å². The van der Waals surface area contributed by atoms with E-state index in [2.05, 4.69) is 4.98 Å². The van der Waals surface area contributed by atoms with Crippen molar-refractivity contribution in [2.75, 3.05) is 26.5 Å². The number of hydrogen-bond acceptors (Lipinski definition) is 6. The van der Waals surface area contributed by atoms with Crippen molar-refractivity contribution in [2.24, 2.45) is 5.92 Å². The molecule has 1 saturated heterocycles. The van der Waals surface area contributed by atoms with E-state index >= 15 is 0 Å². The third-order valence-electron chi connectivity index (χ3n) is 5.96. The van der Waals surface area contributed by atoms with Crippen LogP contribution in [0.1, 0.15) is 50.2 Å². The van der Waals surface area contributed by atoms with E-state index in [1.54, 1.807) is 19.2 Å². The monoisotopic (exact) mass is 528 g/mol. The van der Waals surface area contributed by atoms with Crippen LogP contribution >= 0.6 is 23.2 Å². The van der Waals surface area contributed by atoms with E-state index in [4.69, 9.17) is 32.7 Å². The molecule has 0 bridgehead atoms. The Bertz CT molecular complexity index is 1150. The van der Waals surface area contributed by atoms with Crippen LogP contribution in [-0.4, -0.2) is 49.9 Å². The molecule has 7 nitrogen and oxygen atoms in total. The van der Waals surface area contributed by atoms with Crippen LogP contribution in [0.2, 0.25) is 10.0 Å². The van der Waals surface area contributed by atoms with Gasteiger partial charge >= 0.3 is 0 Å². The lowest BCUT2D eigenvalue weighted by atomic mass is 9.91. The molecular weight excluding hydrogens is 499 g/mol. The number of carbonyl (C=O) groups is 1. The third-order valence-corrected chi connectivity index (χ3v) is 7.98. The van der Waals surface area contributed by atoms with Crippen molar-refractivity contribution in [3.8, 4) is 17.4 Å². The van der Waals surface area contributed by atoms with Crippen LogP contribution in [0.5, 0.6) is 17.4 Å². The molecule has 186 valence electrons. The molecule has 1 aliphatic heterocycles. The number of sulfonamides is 1. The molecule has 0 aliphatic carbocycles. The third kappa shape index (κ3) is 6.62. The molecule has 0 atom stereocenters. The summed E-state index contributed by atoms with van der Waals surface area (Å²) in [4.78, 5) is 17.1. The molecular formula is C24H30Cl2N2O5S. The van der Waals surface area contributed by atoms with Crippen LogP contribution in [0, 0.1) is 5.92 Å². The summed E-state index contributed by atoms with van der Waals surface area (Å²) in [5, 5.41) is 0.617. The van der Waals surface area contributed by atoms with Crippen molar-refractivity contribution < 1.29 is 22.7 Å². The van der Waals surface area contributed by atoms with Crippen LogP contribution in [0.15, 0.2) is 24.4 Å². The highest BCUT2D eigenvalue weighted by Gasteiger charge is 2.26. The van der Waals surface area contributed by atoms with Gasteiger partial charge in [-0.1, -0.05) is 43.1 Å². The van der Waals surface area contributed by atoms with Crippen LogP contribution in [0.25, 0.3) is 0 Å². The Hall–Kier alpha value is -1.87. The van der Waals surface area contributed by atoms with Gasteiger partial charge < -0.3 is 9.47 Å². The molecule has 0 amide bonds. The molecule has 3 rings (SSSR count). The molecule has 0 radical (unpaired) electrons. The number of ether oxygens (including phenoxy) is 2. The Kier molecular flexibility index (Phi) is 8.84. The van der Waals surface area contributed by atoms with E-state index in [0.717, 1.165) is 5.56 Å². The molecule has 2 heterocycles. The van der Waals surface area contributed by atoms with E-state index in [1.165, 1.54) is 16.8 Å². The largest absolute Gasteiger partial charge is 0.481 e. The fourth-order valence-corrected chi connectivity index (χ4v) is 5.45. The number of halogens is 2. The zero-order valence-corrected chi connectivity index (χ0v) is 22.1. The smallest absolute Gasteiger partial charge is 0.216 e. The quantitative estimate of drug-likeness (QED) is 0.427. The predicted molar refractivity (Wildman–Crippen MR) is 134 cm³/mol. The lowest BCUT2D eigenvalue weighted by Crippen LogP contribution is -2.38. The molecule has 2 aromatic rings. The Labute approximate surface area is 211 Å². The van der Waals surface area contributed by atoms with Gasteiger partial charge in [0.15, 0.2) is 5.75 Å². The Balaban J connectivity index is 1.70. The fraction of sp³-hybridized carbons (Fsp3) is 0.500. The van der Waals surface area contributed by atoms with Crippen molar-refractivity contribution in [1.29, 1.82) is 0 Å². The first-order valence-electron chi connectivity index (χ1n) is 11.1. The van der Waals surface area contributed by atoms with Crippen molar-refractivity contribution in [1.82, 2.24) is 9.29 Å². The summed E-state index contributed by atoms with van der Waals surface area (Å²) in [7, 11) is -1.62. The summed E-state index contributed by atoms with van der Waals surface area (Å²) in [6.45, 7) is 4.95. The number of piperidine rings is 1. The summed E-state index contributed by atoms with van der Waals surface area (Å²) >= 11 is 13.0. The first-order valence-corrected chi connectivity index (χ1v) is 13.8. The highest BCUT2D eigenvalue weighted by Crippen LogP contribution is 2.40. The van der Waals surface area contributed by atoms with Crippen LogP contribution in [-0.2, 0) is 21.2 Å². The standard InChI is InChI=1S/C24H30Cl2N2O5S/c1-15(2)20-13-19(14-27-24(20)32-3)33-23-21(25)6-5-17(22(23)26)12-18(29)11-16-7-9-28(10-8-16)34(4,30)31/h5-6,13-16H,7-12H2,1-4H3. The summed E-state index contributed by atoms with van der Waals surface area (Å²) in [6.07, 6.45) is 4.63. The zero-order valence-electron chi connectivity index (χ0n) is 19.8. The van der Waals surface area contributed by atoms with Gasteiger partial charge in [0.1, 0.15) is 11.5 Å². The van der Waals surface area contributed by atoms with Gasteiger partial charge in [0.05, 0.1) is 29.6 Å². The number of ketones is 1. The fourth-order valence-electron chi connectivity index (χ4n) is 4.06. The van der Waals surface area contributed by atoms with Gasteiger partial charge in [-0.25, -0.2) is 17.7 Å². The van der Waals surface area contributed by atoms with Crippen LogP contribution < -0.4 is 9.47 Å². The van der Waals surface area contributed by atoms with Gasteiger partial charge in [-0.15, -0.1) is 0 Å². The van der Waals surface area contributed by atoms with E-state index in [-0.39, 0.29) is 34.8 Å². The maximum absolute atomic E-state index is 12.8. The Morgan fingerprint density at radius 1 is 1.24 bits per heavy atom. The average Bonchev–Trinajstić information content (AvgIpc) is 2.78. The second-order valence-electron chi connectivity index (χ2n) is 8.90. The normalized spacial score (nSPS) is 15.5. The van der Waals surface area contributed by atoms with E-state index in [0.29, 0.717) is 54.6 Å². The molecule has 0 saturated carbocycles. The van der Waals surface area contributed by atoms with Gasteiger partial charge in [0.25, 0.3) is 0 Å². The summed E-state index contributed by atoms with van der Waals surface area (Å²) in [5.41, 5.74) is 1.52. The minimum Gasteiger partial charge on any atom is -0.481 e. The van der Waals surface area contributed by atoms with E-state index in [9.17, 15) is 13.2 Å². The number of rotatable bonds is 9. The first-order chi connectivity index (χ1) is 16.0. The molecule has 0 unspecified atom stereocenters. The maximum atomic E-state index is 12.8. The SMILES string of the molecule is COc1ncc(Oc2c(Cl)ccc(CC(=O)CC3CCN(S(C)(=O)=O)CC3)c2Cl)cc1C(C)C. The van der Waals surface area contributed by atoms with Gasteiger partial charge in [-0.3, -0.25) is 4.79 Å². The van der Waals surface area contributed by atoms with Crippen LogP contribution in [0.4, 0.5) is 0 Å². The van der Waals surface area contributed by atoms with Crippen molar-refractivity contribution in [3.63, 3.8) is 0 Å². The summed E-state index contributed by atoms with van der Waals surface area (Å²) in [6, 6.07) is 5.23. The molecule has 34 heavy (non-hydrogen) atoms. The topological polar surface area (TPSA) is 85.8 Å². The number of pyridine rings is 1. The van der Waals surface area contributed by atoms with E-state index in [1.807, 2.05) is 19.9 Å². The lowest BCUT2D eigenvalue weighted by Gasteiger charge is -2.29. The average molecular weight is 529 g/mol.